The van der Waals surface area contributed by atoms with Gasteiger partial charge in [0, 0.05) is 17.3 Å². The summed E-state index contributed by atoms with van der Waals surface area (Å²) >= 11 is 0. The first-order valence-corrected chi connectivity index (χ1v) is 8.41. The topological polar surface area (TPSA) is 81.4 Å². The van der Waals surface area contributed by atoms with E-state index in [1.165, 1.54) is 6.39 Å². The molecule has 0 atom stereocenters. The molecule has 2 aliphatic heterocycles. The van der Waals surface area contributed by atoms with Gasteiger partial charge in [-0.3, -0.25) is 4.79 Å². The van der Waals surface area contributed by atoms with Crippen LogP contribution in [0.15, 0.2) is 47.3 Å². The van der Waals surface area contributed by atoms with E-state index in [9.17, 15) is 4.79 Å². The van der Waals surface area contributed by atoms with E-state index in [1.54, 1.807) is 11.8 Å². The highest BCUT2D eigenvalue weighted by Crippen LogP contribution is 2.43. The second-order valence-corrected chi connectivity index (χ2v) is 6.63. The molecule has 5 rings (SSSR count). The smallest absolute Gasteiger partial charge is 0.291 e. The molecule has 7 nitrogen and oxygen atoms in total. The summed E-state index contributed by atoms with van der Waals surface area (Å²) in [4.78, 5) is 27.4. The van der Waals surface area contributed by atoms with Crippen molar-refractivity contribution in [3.05, 3.63) is 65.6 Å². The van der Waals surface area contributed by atoms with Crippen LogP contribution >= 0.6 is 0 Å². The number of rotatable bonds is 2. The summed E-state index contributed by atoms with van der Waals surface area (Å²) in [6, 6.07) is 9.86. The Morgan fingerprint density at radius 2 is 2.00 bits per heavy atom. The molecule has 0 bridgehead atoms. The number of amides is 1. The summed E-state index contributed by atoms with van der Waals surface area (Å²) in [5.41, 5.74) is 2.92. The van der Waals surface area contributed by atoms with Gasteiger partial charge in [-0.05, 0) is 6.92 Å². The van der Waals surface area contributed by atoms with E-state index >= 15 is 0 Å². The first-order valence-electron chi connectivity index (χ1n) is 8.41. The zero-order valence-corrected chi connectivity index (χ0v) is 14.2. The minimum atomic E-state index is -0.506. The molecule has 2 aromatic heterocycles. The third kappa shape index (κ3) is 2.17. The molecule has 0 radical (unpaired) electrons. The lowest BCUT2D eigenvalue weighted by atomic mass is 9.87. The fraction of sp³-hybridized carbons (Fsp3) is 0.263. The van der Waals surface area contributed by atoms with E-state index in [-0.39, 0.29) is 11.7 Å². The maximum atomic E-state index is 12.5. The molecule has 1 saturated heterocycles. The van der Waals surface area contributed by atoms with Gasteiger partial charge in [0.25, 0.3) is 5.91 Å². The number of carbonyl (C=O) groups excluding carboxylic acids is 1. The predicted molar refractivity (Wildman–Crippen MR) is 91.1 cm³/mol. The van der Waals surface area contributed by atoms with Gasteiger partial charge < -0.3 is 14.1 Å². The summed E-state index contributed by atoms with van der Waals surface area (Å²) < 4.78 is 11.2. The standard InChI is InChI=1S/C19H16N4O3/c1-12-16(25-11-21-12)18(24)23-9-19(10-23)14-7-20-17(22-15(14)8-26-19)13-5-3-2-4-6-13/h2-7,11H,8-10H2,1H3. The predicted octanol–water partition coefficient (Wildman–Crippen LogP) is 2.32. The molecular formula is C19H16N4O3. The van der Waals surface area contributed by atoms with Crippen molar-refractivity contribution in [1.82, 2.24) is 19.9 Å². The lowest BCUT2D eigenvalue weighted by molar-refractivity contribution is -0.127. The monoisotopic (exact) mass is 348 g/mol. The summed E-state index contributed by atoms with van der Waals surface area (Å²) in [5.74, 6) is 0.813. The Morgan fingerprint density at radius 3 is 2.73 bits per heavy atom. The number of oxazole rings is 1. The summed E-state index contributed by atoms with van der Waals surface area (Å²) in [6.45, 7) is 3.12. The van der Waals surface area contributed by atoms with E-state index in [2.05, 4.69) is 15.0 Å². The molecule has 0 unspecified atom stereocenters. The molecule has 0 saturated carbocycles. The van der Waals surface area contributed by atoms with Crippen molar-refractivity contribution < 1.29 is 13.9 Å². The van der Waals surface area contributed by atoms with E-state index < -0.39 is 5.60 Å². The summed E-state index contributed by atoms with van der Waals surface area (Å²) in [7, 11) is 0. The van der Waals surface area contributed by atoms with Gasteiger partial charge in [0.2, 0.25) is 5.76 Å². The Kier molecular flexibility index (Phi) is 3.20. The van der Waals surface area contributed by atoms with Crippen molar-refractivity contribution in [1.29, 1.82) is 0 Å². The second kappa shape index (κ2) is 5.47. The quantitative estimate of drug-likeness (QED) is 0.707. The van der Waals surface area contributed by atoms with Gasteiger partial charge in [-0.2, -0.15) is 0 Å². The van der Waals surface area contributed by atoms with Gasteiger partial charge in [0.1, 0.15) is 5.60 Å². The minimum absolute atomic E-state index is 0.163. The number of benzene rings is 1. The van der Waals surface area contributed by atoms with Gasteiger partial charge in [0.05, 0.1) is 31.1 Å². The molecule has 0 aliphatic carbocycles. The van der Waals surface area contributed by atoms with Crippen molar-refractivity contribution in [3.63, 3.8) is 0 Å². The van der Waals surface area contributed by atoms with E-state index in [0.717, 1.165) is 16.8 Å². The molecule has 1 spiro atoms. The number of aromatic nitrogens is 3. The average molecular weight is 348 g/mol. The zero-order valence-electron chi connectivity index (χ0n) is 14.2. The summed E-state index contributed by atoms with van der Waals surface area (Å²) in [6.07, 6.45) is 3.12. The molecule has 0 N–H and O–H groups in total. The third-order valence-electron chi connectivity index (χ3n) is 5.00. The van der Waals surface area contributed by atoms with Crippen LogP contribution in [-0.4, -0.2) is 38.8 Å². The third-order valence-corrected chi connectivity index (χ3v) is 5.00. The number of ether oxygens (including phenoxy) is 1. The average Bonchev–Trinajstić information content (AvgIpc) is 3.24. The molecule has 3 aromatic rings. The maximum absolute atomic E-state index is 12.5. The molecule has 4 heterocycles. The first kappa shape index (κ1) is 15.2. The molecular weight excluding hydrogens is 332 g/mol. The highest BCUT2D eigenvalue weighted by molar-refractivity contribution is 5.93. The lowest BCUT2D eigenvalue weighted by Crippen LogP contribution is -2.61. The molecule has 1 fully saturated rings. The zero-order chi connectivity index (χ0) is 17.7. The number of fused-ring (bicyclic) bond motifs is 2. The van der Waals surface area contributed by atoms with Crippen LogP contribution in [0.2, 0.25) is 0 Å². The number of hydrogen-bond acceptors (Lipinski definition) is 6. The minimum Gasteiger partial charge on any atom is -0.438 e. The van der Waals surface area contributed by atoms with Crippen LogP contribution < -0.4 is 0 Å². The van der Waals surface area contributed by atoms with Crippen LogP contribution in [0.25, 0.3) is 11.4 Å². The largest absolute Gasteiger partial charge is 0.438 e. The second-order valence-electron chi connectivity index (χ2n) is 6.63. The Bertz CT molecular complexity index is 993. The van der Waals surface area contributed by atoms with E-state index in [0.29, 0.717) is 31.2 Å². The van der Waals surface area contributed by atoms with Gasteiger partial charge in [-0.15, -0.1) is 0 Å². The van der Waals surface area contributed by atoms with Crippen LogP contribution in [0.5, 0.6) is 0 Å². The van der Waals surface area contributed by atoms with Crippen LogP contribution in [0.1, 0.15) is 27.5 Å². The number of hydrogen-bond donors (Lipinski definition) is 0. The Morgan fingerprint density at radius 1 is 1.19 bits per heavy atom. The van der Waals surface area contributed by atoms with Crippen molar-refractivity contribution in [2.75, 3.05) is 13.1 Å². The van der Waals surface area contributed by atoms with Crippen molar-refractivity contribution in [3.8, 4) is 11.4 Å². The van der Waals surface area contributed by atoms with Crippen LogP contribution in [0.4, 0.5) is 0 Å². The Hall–Kier alpha value is -3.06. The highest BCUT2D eigenvalue weighted by Gasteiger charge is 2.53. The van der Waals surface area contributed by atoms with Gasteiger partial charge in [-0.25, -0.2) is 15.0 Å². The Labute approximate surface area is 149 Å². The molecule has 26 heavy (non-hydrogen) atoms. The lowest BCUT2D eigenvalue weighted by Gasteiger charge is -2.46. The molecule has 2 aliphatic rings. The van der Waals surface area contributed by atoms with Gasteiger partial charge in [0.15, 0.2) is 12.2 Å². The van der Waals surface area contributed by atoms with Crippen molar-refractivity contribution in [2.45, 2.75) is 19.1 Å². The van der Waals surface area contributed by atoms with E-state index in [1.807, 2.05) is 36.5 Å². The fourth-order valence-electron chi connectivity index (χ4n) is 3.54. The first-order chi connectivity index (χ1) is 12.7. The molecule has 7 heteroatoms. The van der Waals surface area contributed by atoms with Crippen molar-refractivity contribution >= 4 is 5.91 Å². The Balaban J connectivity index is 1.38. The highest BCUT2D eigenvalue weighted by atomic mass is 16.5. The molecule has 1 aromatic carbocycles. The molecule has 130 valence electrons. The van der Waals surface area contributed by atoms with Crippen LogP contribution in [0, 0.1) is 6.92 Å². The SMILES string of the molecule is Cc1ncoc1C(=O)N1CC2(C1)OCc1nc(-c3ccccc3)ncc12. The van der Waals surface area contributed by atoms with Crippen molar-refractivity contribution in [2.24, 2.45) is 0 Å². The number of likely N-dealkylation sites (tertiary alicyclic amines) is 1. The fourth-order valence-corrected chi connectivity index (χ4v) is 3.54. The maximum Gasteiger partial charge on any atom is 0.291 e. The van der Waals surface area contributed by atoms with Crippen LogP contribution in [0.3, 0.4) is 0 Å². The normalized spacial score (nSPS) is 17.2. The van der Waals surface area contributed by atoms with E-state index in [4.69, 9.17) is 9.15 Å². The number of aryl methyl sites for hydroxylation is 1. The number of nitrogens with zero attached hydrogens (tertiary/aromatic N) is 4. The van der Waals surface area contributed by atoms with Crippen LogP contribution in [-0.2, 0) is 16.9 Å². The van der Waals surface area contributed by atoms with Gasteiger partial charge in [-0.1, -0.05) is 30.3 Å². The van der Waals surface area contributed by atoms with Gasteiger partial charge >= 0.3 is 0 Å². The summed E-state index contributed by atoms with van der Waals surface area (Å²) in [5, 5.41) is 0. The molecule has 1 amide bonds. The number of carbonyl (C=O) groups is 1.